The molecule has 0 bridgehead atoms. The van der Waals surface area contributed by atoms with Crippen LogP contribution in [0.15, 0.2) is 78.4 Å². The molecule has 0 aliphatic rings. The number of carbonyl (C=O) groups excluding carboxylic acids is 2. The van der Waals surface area contributed by atoms with Gasteiger partial charge >= 0.3 is 0 Å². The van der Waals surface area contributed by atoms with Gasteiger partial charge in [0.05, 0.1) is 36.3 Å². The predicted molar refractivity (Wildman–Crippen MR) is 168 cm³/mol. The first-order valence-corrected chi connectivity index (χ1v) is 15.1. The molecule has 0 radical (unpaired) electrons. The fourth-order valence-corrected chi connectivity index (χ4v) is 5.48. The molecule has 44 heavy (non-hydrogen) atoms. The van der Waals surface area contributed by atoms with Gasteiger partial charge in [0.15, 0.2) is 0 Å². The Morgan fingerprint density at radius 3 is 2.45 bits per heavy atom. The third kappa shape index (κ3) is 8.67. The van der Waals surface area contributed by atoms with Crippen LogP contribution in [0.25, 0.3) is 0 Å². The van der Waals surface area contributed by atoms with Crippen LogP contribution in [-0.2, 0) is 25.3 Å². The number of pyridine rings is 1. The average Bonchev–Trinajstić information content (AvgIpc) is 3.48. The number of halogens is 2. The SMILES string of the molecule is CN(Cc1nc(CF)cs1)C(=O)c1cccc(C(=O)N[C@@H](Cc2ccccc2)[C@H](O)CN(C)c2cncc(C(C)(C)F)c2)c1. The summed E-state index contributed by atoms with van der Waals surface area (Å²) in [5.41, 5.74) is 1.30. The van der Waals surface area contributed by atoms with E-state index in [4.69, 9.17) is 0 Å². The van der Waals surface area contributed by atoms with E-state index >= 15 is 0 Å². The maximum atomic E-state index is 14.5. The number of thiazole rings is 1. The third-order valence-electron chi connectivity index (χ3n) is 7.22. The highest BCUT2D eigenvalue weighted by atomic mass is 32.1. The lowest BCUT2D eigenvalue weighted by Gasteiger charge is -2.29. The van der Waals surface area contributed by atoms with Gasteiger partial charge in [-0.1, -0.05) is 36.4 Å². The number of anilines is 1. The zero-order valence-electron chi connectivity index (χ0n) is 25.2. The van der Waals surface area contributed by atoms with Gasteiger partial charge in [-0.2, -0.15) is 0 Å². The summed E-state index contributed by atoms with van der Waals surface area (Å²) < 4.78 is 27.4. The van der Waals surface area contributed by atoms with Crippen LogP contribution < -0.4 is 10.2 Å². The number of aliphatic hydroxyl groups excluding tert-OH is 1. The standard InChI is InChI=1S/C33H37F2N5O3S/c1-33(2,35)25-15-27(18-36-17-25)39(3)19-29(41)28(13-22-9-6-5-7-10-22)38-31(42)23-11-8-12-24(14-23)32(43)40(4)20-30-37-26(16-34)21-44-30/h5-12,14-15,17-18,21,28-29,41H,13,16,19-20H2,1-4H3,(H,38,42)/t28-,29+/m0/s1. The molecule has 8 nitrogen and oxygen atoms in total. The quantitative estimate of drug-likeness (QED) is 0.210. The summed E-state index contributed by atoms with van der Waals surface area (Å²) in [6.45, 7) is 2.60. The Morgan fingerprint density at radius 2 is 1.77 bits per heavy atom. The first-order valence-electron chi connectivity index (χ1n) is 14.2. The van der Waals surface area contributed by atoms with Gasteiger partial charge < -0.3 is 20.2 Å². The number of nitrogens with one attached hydrogen (secondary N) is 1. The van der Waals surface area contributed by atoms with Gasteiger partial charge in [0.2, 0.25) is 0 Å². The van der Waals surface area contributed by atoms with Crippen LogP contribution in [0.5, 0.6) is 0 Å². The van der Waals surface area contributed by atoms with E-state index in [0.717, 1.165) is 5.56 Å². The zero-order chi connectivity index (χ0) is 31.9. The molecule has 2 amide bonds. The monoisotopic (exact) mass is 621 g/mol. The Morgan fingerprint density at radius 1 is 1.05 bits per heavy atom. The minimum atomic E-state index is -1.57. The van der Waals surface area contributed by atoms with Crippen molar-refractivity contribution in [2.75, 3.05) is 25.5 Å². The van der Waals surface area contributed by atoms with Crippen molar-refractivity contribution < 1.29 is 23.5 Å². The summed E-state index contributed by atoms with van der Waals surface area (Å²) in [5, 5.41) is 16.6. The summed E-state index contributed by atoms with van der Waals surface area (Å²) in [6.07, 6.45) is 2.42. The van der Waals surface area contributed by atoms with Crippen LogP contribution in [0.4, 0.5) is 14.5 Å². The largest absolute Gasteiger partial charge is 0.389 e. The molecular weight excluding hydrogens is 584 g/mol. The van der Waals surface area contributed by atoms with Gasteiger partial charge in [-0.25, -0.2) is 13.8 Å². The Bertz CT molecular complexity index is 1560. The molecule has 2 aromatic heterocycles. The van der Waals surface area contributed by atoms with Crippen molar-refractivity contribution in [2.45, 2.75) is 51.3 Å². The summed E-state index contributed by atoms with van der Waals surface area (Å²) in [6, 6.07) is 16.9. The number of amides is 2. The van der Waals surface area contributed by atoms with Crippen molar-refractivity contribution in [3.05, 3.63) is 111 Å². The minimum absolute atomic E-state index is 0.139. The molecule has 232 valence electrons. The smallest absolute Gasteiger partial charge is 0.253 e. The van der Waals surface area contributed by atoms with Crippen molar-refractivity contribution in [1.29, 1.82) is 0 Å². The van der Waals surface area contributed by atoms with Crippen molar-refractivity contribution >= 4 is 28.8 Å². The number of aromatic nitrogens is 2. The molecule has 0 fully saturated rings. The highest BCUT2D eigenvalue weighted by molar-refractivity contribution is 7.09. The fourth-order valence-electron chi connectivity index (χ4n) is 4.65. The number of benzene rings is 2. The van der Waals surface area contributed by atoms with Crippen LogP contribution >= 0.6 is 11.3 Å². The second kappa shape index (κ2) is 14.5. The summed E-state index contributed by atoms with van der Waals surface area (Å²) in [5.74, 6) is -0.758. The molecule has 0 saturated carbocycles. The van der Waals surface area contributed by atoms with Crippen LogP contribution in [-0.4, -0.2) is 64.6 Å². The molecule has 0 aliphatic heterocycles. The molecule has 2 aromatic carbocycles. The van der Waals surface area contributed by atoms with E-state index in [0.29, 0.717) is 33.9 Å². The van der Waals surface area contributed by atoms with E-state index in [9.17, 15) is 23.5 Å². The lowest BCUT2D eigenvalue weighted by Crippen LogP contribution is -2.49. The van der Waals surface area contributed by atoms with Crippen LogP contribution in [0.3, 0.4) is 0 Å². The van der Waals surface area contributed by atoms with Gasteiger partial charge in [0, 0.05) is 48.9 Å². The number of likely N-dealkylation sites (N-methyl/N-ethyl adjacent to an activating group) is 1. The minimum Gasteiger partial charge on any atom is -0.389 e. The van der Waals surface area contributed by atoms with Crippen molar-refractivity contribution in [2.24, 2.45) is 0 Å². The summed E-state index contributed by atoms with van der Waals surface area (Å²) >= 11 is 1.28. The predicted octanol–water partition coefficient (Wildman–Crippen LogP) is 5.32. The van der Waals surface area contributed by atoms with Crippen molar-refractivity contribution in [3.63, 3.8) is 0 Å². The first-order chi connectivity index (χ1) is 20.9. The number of hydrogen-bond acceptors (Lipinski definition) is 7. The van der Waals surface area contributed by atoms with Gasteiger partial charge in [0.25, 0.3) is 11.8 Å². The molecule has 0 aliphatic carbocycles. The molecule has 0 unspecified atom stereocenters. The molecule has 0 spiro atoms. The number of nitrogens with zero attached hydrogens (tertiary/aromatic N) is 4. The fraction of sp³-hybridized carbons (Fsp3) is 0.333. The lowest BCUT2D eigenvalue weighted by atomic mass is 9.99. The Hall–Kier alpha value is -4.22. The van der Waals surface area contributed by atoms with E-state index in [2.05, 4.69) is 15.3 Å². The molecule has 11 heteroatoms. The Kier molecular flexibility index (Phi) is 10.8. The van der Waals surface area contributed by atoms with Gasteiger partial charge in [-0.3, -0.25) is 14.6 Å². The molecule has 4 rings (SSSR count). The molecule has 2 heterocycles. The molecule has 2 atom stereocenters. The van der Waals surface area contributed by atoms with Crippen molar-refractivity contribution in [1.82, 2.24) is 20.2 Å². The van der Waals surface area contributed by atoms with Crippen LogP contribution in [0.1, 0.15) is 56.4 Å². The van der Waals surface area contributed by atoms with E-state index < -0.39 is 30.4 Å². The van der Waals surface area contributed by atoms with E-state index in [1.54, 1.807) is 54.8 Å². The zero-order valence-corrected chi connectivity index (χ0v) is 26.0. The highest BCUT2D eigenvalue weighted by Gasteiger charge is 2.26. The van der Waals surface area contributed by atoms with Crippen LogP contribution in [0, 0.1) is 0 Å². The normalized spacial score (nSPS) is 12.8. The highest BCUT2D eigenvalue weighted by Crippen LogP contribution is 2.27. The third-order valence-corrected chi connectivity index (χ3v) is 8.10. The maximum Gasteiger partial charge on any atom is 0.253 e. The average molecular weight is 622 g/mol. The summed E-state index contributed by atoms with van der Waals surface area (Å²) in [7, 11) is 3.39. The molecule has 0 saturated heterocycles. The first kappa shape index (κ1) is 32.7. The number of carbonyl (C=O) groups is 2. The number of hydrogen-bond donors (Lipinski definition) is 2. The molecule has 2 N–H and O–H groups in total. The number of rotatable bonds is 13. The number of aliphatic hydroxyl groups is 1. The van der Waals surface area contributed by atoms with Crippen LogP contribution in [0.2, 0.25) is 0 Å². The van der Waals surface area contributed by atoms with E-state index in [-0.39, 0.29) is 24.6 Å². The van der Waals surface area contributed by atoms with E-state index in [1.807, 2.05) is 30.3 Å². The Balaban J connectivity index is 1.49. The molecule has 4 aromatic rings. The second-order valence-electron chi connectivity index (χ2n) is 11.2. The van der Waals surface area contributed by atoms with Gasteiger partial charge in [-0.15, -0.1) is 11.3 Å². The van der Waals surface area contributed by atoms with E-state index in [1.165, 1.54) is 42.3 Å². The topological polar surface area (TPSA) is 98.7 Å². The van der Waals surface area contributed by atoms with Crippen molar-refractivity contribution in [3.8, 4) is 0 Å². The van der Waals surface area contributed by atoms with Gasteiger partial charge in [0.1, 0.15) is 17.4 Å². The second-order valence-corrected chi connectivity index (χ2v) is 12.2. The summed E-state index contributed by atoms with van der Waals surface area (Å²) in [4.78, 5) is 38.2. The maximum absolute atomic E-state index is 14.5. The lowest BCUT2D eigenvalue weighted by molar-refractivity contribution is 0.0784. The van der Waals surface area contributed by atoms with Gasteiger partial charge in [-0.05, 0) is 50.1 Å². The molecular formula is C33H37F2N5O3S. The Labute approximate surface area is 260 Å². The number of alkyl halides is 2.